The van der Waals surface area contributed by atoms with Crippen molar-refractivity contribution in [1.82, 2.24) is 0 Å². The van der Waals surface area contributed by atoms with Crippen LogP contribution in [0.1, 0.15) is 6.92 Å². The number of amides is 1. The van der Waals surface area contributed by atoms with E-state index in [0.717, 1.165) is 31.2 Å². The molecule has 0 radical (unpaired) electrons. The molecule has 124 valence electrons. The number of rotatable bonds is 3. The maximum Gasteiger partial charge on any atom is 1.00 e. The van der Waals surface area contributed by atoms with Crippen molar-refractivity contribution in [3.05, 3.63) is 24.3 Å². The van der Waals surface area contributed by atoms with E-state index in [-0.39, 0.29) is 75.6 Å². The van der Waals surface area contributed by atoms with E-state index < -0.39 is 41.7 Å². The second kappa shape index (κ2) is 8.65. The number of anilines is 1. The Bertz CT molecular complexity index is 1030. The van der Waals surface area contributed by atoms with E-state index in [0.29, 0.717) is 0 Å². The summed E-state index contributed by atoms with van der Waals surface area (Å²) in [5, 5.41) is 12.1. The van der Waals surface area contributed by atoms with E-state index in [1.807, 2.05) is 0 Å². The van der Waals surface area contributed by atoms with Crippen LogP contribution >= 0.6 is 0 Å². The fraction of sp³-hybridized carbons (Fsp3) is 0.0833. The van der Waals surface area contributed by atoms with Crippen molar-refractivity contribution in [3.63, 3.8) is 0 Å². The third-order valence-electron chi connectivity index (χ3n) is 2.88. The maximum atomic E-state index is 11.3. The Hall–Kier alpha value is -0.210. The van der Waals surface area contributed by atoms with Gasteiger partial charge in [-0.1, -0.05) is 0 Å². The number of hydrogen-bond acceptors (Lipinski definition) is 6. The quantitative estimate of drug-likeness (QED) is 0.291. The van der Waals surface area contributed by atoms with Gasteiger partial charge in [0.05, 0.1) is 15.5 Å². The van der Waals surface area contributed by atoms with Crippen molar-refractivity contribution in [2.45, 2.75) is 16.7 Å². The Labute approximate surface area is 187 Å². The fourth-order valence-corrected chi connectivity index (χ4v) is 3.10. The van der Waals surface area contributed by atoms with Crippen LogP contribution in [0.15, 0.2) is 34.1 Å². The molecule has 2 aromatic rings. The predicted molar refractivity (Wildman–Crippen MR) is 79.5 cm³/mol. The summed E-state index contributed by atoms with van der Waals surface area (Å²) in [6, 6.07) is 3.44. The smallest absolute Gasteiger partial charge is 0.507 e. The molecule has 9 nitrogen and oxygen atoms in total. The first-order chi connectivity index (χ1) is 10.4. The SMILES string of the molecule is CC(=O)Nc1cc(S(=O)(=O)O)cc2cc(S(=O)(=O)O)cc(O)c12.[Na+].[Na+]. The number of carbonyl (C=O) groups is 1. The Morgan fingerprint density at radius 3 is 1.76 bits per heavy atom. The standard InChI is InChI=1S/C12H11NO8S2.2Na/c1-6(14)13-10-4-8(22(16,17)18)2-7-3-9(23(19,20)21)5-11(15)12(7)10;;/h2-5,15H,1H3,(H,13,14)(H,16,17,18)(H,19,20,21);;/q;2*+1. The van der Waals surface area contributed by atoms with Crippen LogP contribution in [0.2, 0.25) is 0 Å². The van der Waals surface area contributed by atoms with Crippen LogP contribution in [0.3, 0.4) is 0 Å². The summed E-state index contributed by atoms with van der Waals surface area (Å²) in [5.74, 6) is -1.20. The molecule has 1 amide bonds. The molecule has 0 aliphatic heterocycles. The topological polar surface area (TPSA) is 158 Å². The van der Waals surface area contributed by atoms with Crippen LogP contribution in [0.5, 0.6) is 5.75 Å². The Morgan fingerprint density at radius 2 is 1.36 bits per heavy atom. The van der Waals surface area contributed by atoms with Gasteiger partial charge in [-0.3, -0.25) is 13.9 Å². The van der Waals surface area contributed by atoms with E-state index >= 15 is 0 Å². The van der Waals surface area contributed by atoms with E-state index in [9.17, 15) is 26.7 Å². The van der Waals surface area contributed by atoms with Crippen molar-refractivity contribution in [1.29, 1.82) is 0 Å². The molecule has 13 heteroatoms. The van der Waals surface area contributed by atoms with Crippen LogP contribution in [0.4, 0.5) is 5.69 Å². The van der Waals surface area contributed by atoms with Gasteiger partial charge in [0.2, 0.25) is 5.91 Å². The molecule has 0 aromatic heterocycles. The third-order valence-corrected chi connectivity index (χ3v) is 4.54. The Morgan fingerprint density at radius 1 is 0.920 bits per heavy atom. The summed E-state index contributed by atoms with van der Waals surface area (Å²) in [5.41, 5.74) is -0.151. The minimum Gasteiger partial charge on any atom is -0.507 e. The second-order valence-corrected chi connectivity index (χ2v) is 7.49. The zero-order chi connectivity index (χ0) is 17.6. The number of nitrogens with one attached hydrogen (secondary N) is 1. The molecule has 0 spiro atoms. The summed E-state index contributed by atoms with van der Waals surface area (Å²) in [6.45, 7) is 1.13. The van der Waals surface area contributed by atoms with Gasteiger partial charge in [0.25, 0.3) is 20.2 Å². The molecule has 2 rings (SSSR count). The van der Waals surface area contributed by atoms with Gasteiger partial charge in [-0.25, -0.2) is 0 Å². The summed E-state index contributed by atoms with van der Waals surface area (Å²) < 4.78 is 63.1. The van der Waals surface area contributed by atoms with E-state index in [4.69, 9.17) is 9.11 Å². The molecule has 0 unspecified atom stereocenters. The number of phenolic OH excluding ortho intramolecular Hbond substituents is 1. The van der Waals surface area contributed by atoms with Crippen LogP contribution in [0, 0.1) is 0 Å². The van der Waals surface area contributed by atoms with E-state index in [1.165, 1.54) is 0 Å². The van der Waals surface area contributed by atoms with Crippen LogP contribution in [-0.2, 0) is 25.0 Å². The van der Waals surface area contributed by atoms with Crippen molar-refractivity contribution in [2.75, 3.05) is 5.32 Å². The van der Waals surface area contributed by atoms with Gasteiger partial charge in [-0.15, -0.1) is 0 Å². The number of aromatic hydroxyl groups is 1. The zero-order valence-electron chi connectivity index (χ0n) is 13.5. The van der Waals surface area contributed by atoms with Gasteiger partial charge in [0.1, 0.15) is 5.75 Å². The normalized spacial score (nSPS) is 11.3. The van der Waals surface area contributed by atoms with Gasteiger partial charge in [0.15, 0.2) is 0 Å². The number of carbonyl (C=O) groups excluding carboxylic acids is 1. The Balaban J connectivity index is 0.00000288. The van der Waals surface area contributed by atoms with Crippen molar-refractivity contribution >= 4 is 42.6 Å². The first-order valence-electron chi connectivity index (χ1n) is 5.93. The minimum absolute atomic E-state index is 0. The molecule has 0 saturated heterocycles. The Kier molecular flexibility index (Phi) is 8.58. The van der Waals surface area contributed by atoms with Crippen molar-refractivity contribution in [2.24, 2.45) is 0 Å². The van der Waals surface area contributed by atoms with Crippen LogP contribution < -0.4 is 64.4 Å². The molecule has 2 aromatic carbocycles. The number of fused-ring (bicyclic) bond motifs is 1. The average molecular weight is 407 g/mol. The number of phenols is 1. The predicted octanol–water partition coefficient (Wildman–Crippen LogP) is -4.99. The molecule has 4 N–H and O–H groups in total. The van der Waals surface area contributed by atoms with Crippen molar-refractivity contribution < 1.29 is 95.0 Å². The molecule has 25 heavy (non-hydrogen) atoms. The molecule has 0 heterocycles. The average Bonchev–Trinajstić information content (AvgIpc) is 2.34. The summed E-state index contributed by atoms with van der Waals surface area (Å²) in [6.07, 6.45) is 0. The molecule has 0 bridgehead atoms. The molecule has 0 atom stereocenters. The van der Waals surface area contributed by atoms with Gasteiger partial charge in [-0.05, 0) is 23.6 Å². The second-order valence-electron chi connectivity index (χ2n) is 4.64. The monoisotopic (exact) mass is 407 g/mol. The summed E-state index contributed by atoms with van der Waals surface area (Å²) in [7, 11) is -9.32. The molecule has 0 aliphatic rings. The molecule has 0 aliphatic carbocycles. The largest absolute Gasteiger partial charge is 1.00 e. The zero-order valence-corrected chi connectivity index (χ0v) is 19.1. The number of hydrogen-bond donors (Lipinski definition) is 4. The fourth-order valence-electron chi connectivity index (χ4n) is 2.02. The van der Waals surface area contributed by atoms with E-state index in [2.05, 4.69) is 5.32 Å². The first-order valence-corrected chi connectivity index (χ1v) is 8.81. The third kappa shape index (κ3) is 5.89. The first kappa shape index (κ1) is 24.8. The molecular weight excluding hydrogens is 396 g/mol. The summed E-state index contributed by atoms with van der Waals surface area (Å²) >= 11 is 0. The van der Waals surface area contributed by atoms with Gasteiger partial charge >= 0.3 is 59.1 Å². The van der Waals surface area contributed by atoms with Crippen molar-refractivity contribution in [3.8, 4) is 5.75 Å². The molecule has 0 fully saturated rings. The van der Waals surface area contributed by atoms with Crippen LogP contribution in [0.25, 0.3) is 10.8 Å². The number of benzene rings is 2. The van der Waals surface area contributed by atoms with E-state index in [1.54, 1.807) is 0 Å². The maximum absolute atomic E-state index is 11.3. The van der Waals surface area contributed by atoms with Gasteiger partial charge in [-0.2, -0.15) is 16.8 Å². The summed E-state index contributed by atoms with van der Waals surface area (Å²) in [4.78, 5) is 9.91. The molecule has 0 saturated carbocycles. The van der Waals surface area contributed by atoms with Crippen LogP contribution in [-0.4, -0.2) is 37.0 Å². The minimum atomic E-state index is -4.66. The van der Waals surface area contributed by atoms with Gasteiger partial charge in [0, 0.05) is 18.4 Å². The molecular formula is C12H11NNa2O8S2+2. The van der Waals surface area contributed by atoms with Gasteiger partial charge < -0.3 is 10.4 Å².